The van der Waals surface area contributed by atoms with Gasteiger partial charge in [0.15, 0.2) is 0 Å². The number of para-hydroxylation sites is 2. The highest BCUT2D eigenvalue weighted by molar-refractivity contribution is 7.18. The number of hydrazone groups is 1. The molecule has 7 heteroatoms. The molecule has 150 valence electrons. The molecule has 0 N–H and O–H groups in total. The second-order valence-electron chi connectivity index (χ2n) is 7.09. The van der Waals surface area contributed by atoms with Crippen LogP contribution in [0.2, 0.25) is 9.49 Å². The fraction of sp³-hybridized carbons (Fsp3) is 0.130. The summed E-state index contributed by atoms with van der Waals surface area (Å²) in [7, 11) is 0. The Balaban J connectivity index is 1.60. The molecular formula is C23H18Cl2N4S. The molecule has 5 rings (SSSR count). The molecule has 0 bridgehead atoms. The molecule has 1 unspecified atom stereocenters. The average molecular weight is 453 g/mol. The van der Waals surface area contributed by atoms with E-state index in [0.717, 1.165) is 44.0 Å². The maximum absolute atomic E-state index is 6.90. The number of anilines is 1. The first-order chi connectivity index (χ1) is 14.6. The van der Waals surface area contributed by atoms with Gasteiger partial charge in [-0.3, -0.25) is 5.01 Å². The minimum absolute atomic E-state index is 0.0479. The number of aryl methyl sites for hydroxylation is 1. The molecular weight excluding hydrogens is 435 g/mol. The maximum Gasteiger partial charge on any atom is 0.138 e. The fourth-order valence-corrected chi connectivity index (χ4v) is 5.24. The van der Waals surface area contributed by atoms with Crippen LogP contribution >= 0.6 is 34.5 Å². The Hall–Kier alpha value is -2.60. The summed E-state index contributed by atoms with van der Waals surface area (Å²) in [5.74, 6) is 0. The first-order valence-corrected chi connectivity index (χ1v) is 11.2. The van der Waals surface area contributed by atoms with Gasteiger partial charge in [0.25, 0.3) is 0 Å². The van der Waals surface area contributed by atoms with E-state index in [1.807, 2.05) is 72.6 Å². The van der Waals surface area contributed by atoms with Gasteiger partial charge in [0, 0.05) is 12.0 Å². The first-order valence-electron chi connectivity index (χ1n) is 9.59. The lowest BCUT2D eigenvalue weighted by Crippen LogP contribution is -2.19. The summed E-state index contributed by atoms with van der Waals surface area (Å²) in [6.45, 7) is 2.00. The van der Waals surface area contributed by atoms with Crippen LogP contribution in [0.4, 0.5) is 5.69 Å². The van der Waals surface area contributed by atoms with Gasteiger partial charge < -0.3 is 0 Å². The second-order valence-corrected chi connectivity index (χ2v) is 9.16. The topological polar surface area (TPSA) is 33.4 Å². The highest BCUT2D eigenvalue weighted by Gasteiger charge is 2.35. The Morgan fingerprint density at radius 3 is 2.20 bits per heavy atom. The third-order valence-corrected chi connectivity index (χ3v) is 6.81. The van der Waals surface area contributed by atoms with Gasteiger partial charge in [0.1, 0.15) is 5.15 Å². The van der Waals surface area contributed by atoms with Crippen LogP contribution in [0.5, 0.6) is 0 Å². The molecule has 0 saturated carbocycles. The van der Waals surface area contributed by atoms with E-state index < -0.39 is 0 Å². The van der Waals surface area contributed by atoms with Crippen LogP contribution in [0, 0.1) is 6.92 Å². The third kappa shape index (κ3) is 3.43. The van der Waals surface area contributed by atoms with E-state index in [1.54, 1.807) is 16.0 Å². The Morgan fingerprint density at radius 1 is 0.900 bits per heavy atom. The summed E-state index contributed by atoms with van der Waals surface area (Å²) in [6.07, 6.45) is 0.729. The Labute approximate surface area is 189 Å². The van der Waals surface area contributed by atoms with Crippen LogP contribution in [0.15, 0.2) is 77.9 Å². The number of rotatable bonds is 4. The first kappa shape index (κ1) is 19.4. The molecule has 0 saturated heterocycles. The monoisotopic (exact) mass is 452 g/mol. The fourth-order valence-electron chi connectivity index (χ4n) is 3.80. The number of aromatic nitrogens is 2. The number of hydrogen-bond donors (Lipinski definition) is 0. The summed E-state index contributed by atoms with van der Waals surface area (Å²) >= 11 is 14.6. The van der Waals surface area contributed by atoms with Crippen molar-refractivity contribution in [3.8, 4) is 5.69 Å². The van der Waals surface area contributed by atoms with Crippen molar-refractivity contribution in [1.82, 2.24) is 9.78 Å². The van der Waals surface area contributed by atoms with Crippen molar-refractivity contribution in [2.75, 3.05) is 5.01 Å². The zero-order chi connectivity index (χ0) is 20.7. The zero-order valence-electron chi connectivity index (χ0n) is 16.2. The number of halogens is 2. The lowest BCUT2D eigenvalue weighted by molar-refractivity contribution is 0.704. The van der Waals surface area contributed by atoms with E-state index in [9.17, 15) is 0 Å². The molecule has 1 aliphatic rings. The lowest BCUT2D eigenvalue weighted by atomic mass is 10.0. The highest BCUT2D eigenvalue weighted by atomic mass is 35.5. The van der Waals surface area contributed by atoms with Crippen LogP contribution < -0.4 is 5.01 Å². The van der Waals surface area contributed by atoms with E-state index in [2.05, 4.69) is 12.1 Å². The number of hydrogen-bond acceptors (Lipinski definition) is 4. The standard InChI is InChI=1S/C23H18Cl2N4S/c1-15-22(23(25)29(26-15)17-10-6-3-7-11-17)19-14-18(20-12-13-21(24)30-20)27-28(19)16-8-4-2-5-9-16/h2-13,19H,14H2,1H3. The second kappa shape index (κ2) is 7.91. The Kier molecular flexibility index (Phi) is 5.11. The molecule has 0 fully saturated rings. The van der Waals surface area contributed by atoms with Gasteiger partial charge in [-0.25, -0.2) is 4.68 Å². The molecule has 0 aliphatic carbocycles. The van der Waals surface area contributed by atoms with E-state index in [-0.39, 0.29) is 6.04 Å². The van der Waals surface area contributed by atoms with E-state index in [4.69, 9.17) is 33.4 Å². The van der Waals surface area contributed by atoms with Crippen LogP contribution in [0.1, 0.15) is 28.6 Å². The Morgan fingerprint density at radius 2 is 1.57 bits per heavy atom. The summed E-state index contributed by atoms with van der Waals surface area (Å²) in [6, 6.07) is 24.0. The molecule has 4 aromatic rings. The molecule has 2 aromatic heterocycles. The maximum atomic E-state index is 6.90. The Bertz CT molecular complexity index is 1210. The van der Waals surface area contributed by atoms with Crippen molar-refractivity contribution in [1.29, 1.82) is 0 Å². The lowest BCUT2D eigenvalue weighted by Gasteiger charge is -2.23. The molecule has 3 heterocycles. The summed E-state index contributed by atoms with van der Waals surface area (Å²) in [5, 5.41) is 12.4. The minimum Gasteiger partial charge on any atom is -0.257 e. The summed E-state index contributed by atoms with van der Waals surface area (Å²) < 4.78 is 2.56. The number of thiophene rings is 1. The van der Waals surface area contributed by atoms with Crippen LogP contribution in [-0.2, 0) is 0 Å². The summed E-state index contributed by atoms with van der Waals surface area (Å²) in [5.41, 5.74) is 4.85. The normalized spacial score (nSPS) is 16.2. The van der Waals surface area contributed by atoms with Crippen molar-refractivity contribution in [3.05, 3.63) is 98.4 Å². The predicted octanol–water partition coefficient (Wildman–Crippen LogP) is 6.90. The van der Waals surface area contributed by atoms with Crippen molar-refractivity contribution >= 4 is 45.9 Å². The molecule has 1 atom stereocenters. The largest absolute Gasteiger partial charge is 0.257 e. The average Bonchev–Trinajstić information content (AvgIpc) is 3.46. The van der Waals surface area contributed by atoms with Gasteiger partial charge in [0.05, 0.1) is 38.0 Å². The van der Waals surface area contributed by atoms with Crippen molar-refractivity contribution in [3.63, 3.8) is 0 Å². The molecule has 0 radical (unpaired) electrons. The van der Waals surface area contributed by atoms with Gasteiger partial charge in [-0.15, -0.1) is 11.3 Å². The zero-order valence-corrected chi connectivity index (χ0v) is 18.5. The van der Waals surface area contributed by atoms with Gasteiger partial charge in [-0.1, -0.05) is 59.6 Å². The quantitative estimate of drug-likeness (QED) is 0.337. The van der Waals surface area contributed by atoms with Crippen molar-refractivity contribution in [2.45, 2.75) is 19.4 Å². The molecule has 1 aliphatic heterocycles. The van der Waals surface area contributed by atoms with Gasteiger partial charge >= 0.3 is 0 Å². The van der Waals surface area contributed by atoms with Gasteiger partial charge in [0.2, 0.25) is 0 Å². The highest BCUT2D eigenvalue weighted by Crippen LogP contribution is 2.42. The van der Waals surface area contributed by atoms with Gasteiger partial charge in [-0.05, 0) is 43.3 Å². The number of nitrogens with zero attached hydrogens (tertiary/aromatic N) is 4. The van der Waals surface area contributed by atoms with E-state index in [0.29, 0.717) is 5.15 Å². The smallest absolute Gasteiger partial charge is 0.138 e. The van der Waals surface area contributed by atoms with Gasteiger partial charge in [-0.2, -0.15) is 10.2 Å². The van der Waals surface area contributed by atoms with Crippen molar-refractivity contribution < 1.29 is 0 Å². The third-order valence-electron chi connectivity index (χ3n) is 5.17. The SMILES string of the molecule is Cc1nn(-c2ccccc2)c(Cl)c1C1CC(c2ccc(Cl)s2)=NN1c1ccccc1. The molecule has 0 amide bonds. The van der Waals surface area contributed by atoms with E-state index in [1.165, 1.54) is 0 Å². The molecule has 0 spiro atoms. The predicted molar refractivity (Wildman–Crippen MR) is 125 cm³/mol. The molecule has 4 nitrogen and oxygen atoms in total. The van der Waals surface area contributed by atoms with Crippen LogP contribution in [0.3, 0.4) is 0 Å². The van der Waals surface area contributed by atoms with Crippen LogP contribution in [0.25, 0.3) is 5.69 Å². The summed E-state index contributed by atoms with van der Waals surface area (Å²) in [4.78, 5) is 1.08. The number of benzene rings is 2. The molecule has 2 aromatic carbocycles. The van der Waals surface area contributed by atoms with Crippen molar-refractivity contribution in [2.24, 2.45) is 5.10 Å². The van der Waals surface area contributed by atoms with E-state index >= 15 is 0 Å². The molecule has 30 heavy (non-hydrogen) atoms. The minimum atomic E-state index is -0.0479. The van der Waals surface area contributed by atoms with Crippen LogP contribution in [-0.4, -0.2) is 15.5 Å².